The van der Waals surface area contributed by atoms with Crippen LogP contribution in [0, 0.1) is 5.92 Å². The quantitative estimate of drug-likeness (QED) is 0.927. The third-order valence-electron chi connectivity index (χ3n) is 3.18. The number of methoxy groups -OCH3 is 1. The number of halogens is 1. The SMILES string of the molecule is COc1nc(NCC2CCCCC2)ncc1Br. The van der Waals surface area contributed by atoms with Crippen LogP contribution in [-0.2, 0) is 0 Å². The smallest absolute Gasteiger partial charge is 0.232 e. The van der Waals surface area contributed by atoms with E-state index in [4.69, 9.17) is 4.74 Å². The van der Waals surface area contributed by atoms with Gasteiger partial charge < -0.3 is 10.1 Å². The van der Waals surface area contributed by atoms with Crippen LogP contribution in [-0.4, -0.2) is 23.6 Å². The van der Waals surface area contributed by atoms with Gasteiger partial charge in [0, 0.05) is 6.54 Å². The molecule has 0 amide bonds. The van der Waals surface area contributed by atoms with E-state index in [2.05, 4.69) is 31.2 Å². The molecule has 1 fully saturated rings. The van der Waals surface area contributed by atoms with Gasteiger partial charge in [-0.25, -0.2) is 4.98 Å². The molecular weight excluding hydrogens is 282 g/mol. The topological polar surface area (TPSA) is 47.0 Å². The minimum absolute atomic E-state index is 0.575. The molecule has 1 aromatic rings. The molecule has 0 spiro atoms. The Morgan fingerprint density at radius 3 is 2.88 bits per heavy atom. The predicted molar refractivity (Wildman–Crippen MR) is 71.3 cm³/mol. The van der Waals surface area contributed by atoms with Crippen molar-refractivity contribution in [3.8, 4) is 5.88 Å². The largest absolute Gasteiger partial charge is 0.480 e. The summed E-state index contributed by atoms with van der Waals surface area (Å²) in [5, 5.41) is 3.29. The fourth-order valence-corrected chi connectivity index (χ4v) is 2.56. The van der Waals surface area contributed by atoms with Crippen molar-refractivity contribution >= 4 is 21.9 Å². The minimum atomic E-state index is 0.575. The van der Waals surface area contributed by atoms with E-state index in [0.29, 0.717) is 11.8 Å². The average molecular weight is 300 g/mol. The Morgan fingerprint density at radius 2 is 2.18 bits per heavy atom. The molecule has 0 aliphatic heterocycles. The molecule has 0 saturated heterocycles. The van der Waals surface area contributed by atoms with Crippen LogP contribution in [0.3, 0.4) is 0 Å². The van der Waals surface area contributed by atoms with Crippen LogP contribution in [0.4, 0.5) is 5.95 Å². The van der Waals surface area contributed by atoms with E-state index in [1.807, 2.05) is 0 Å². The lowest BCUT2D eigenvalue weighted by Crippen LogP contribution is -2.18. The van der Waals surface area contributed by atoms with Gasteiger partial charge in [0.15, 0.2) is 0 Å². The Morgan fingerprint density at radius 1 is 1.41 bits per heavy atom. The summed E-state index contributed by atoms with van der Waals surface area (Å²) in [6.45, 7) is 0.963. The number of ether oxygens (including phenoxy) is 1. The van der Waals surface area contributed by atoms with Crippen molar-refractivity contribution in [3.05, 3.63) is 10.7 Å². The van der Waals surface area contributed by atoms with Crippen LogP contribution in [0.15, 0.2) is 10.7 Å². The van der Waals surface area contributed by atoms with Crippen molar-refractivity contribution in [3.63, 3.8) is 0 Å². The molecule has 0 aromatic carbocycles. The molecule has 1 aliphatic carbocycles. The summed E-state index contributed by atoms with van der Waals surface area (Å²) >= 11 is 3.34. The molecule has 0 radical (unpaired) electrons. The molecule has 2 rings (SSSR count). The summed E-state index contributed by atoms with van der Waals surface area (Å²) in [5.74, 6) is 1.99. The van der Waals surface area contributed by atoms with E-state index < -0.39 is 0 Å². The number of anilines is 1. The lowest BCUT2D eigenvalue weighted by molar-refractivity contribution is 0.372. The van der Waals surface area contributed by atoms with E-state index in [1.54, 1.807) is 13.3 Å². The number of aromatic nitrogens is 2. The van der Waals surface area contributed by atoms with Crippen molar-refractivity contribution in [1.82, 2.24) is 9.97 Å². The highest BCUT2D eigenvalue weighted by Crippen LogP contribution is 2.25. The summed E-state index contributed by atoms with van der Waals surface area (Å²) in [6, 6.07) is 0. The highest BCUT2D eigenvalue weighted by Gasteiger charge is 2.13. The van der Waals surface area contributed by atoms with Crippen molar-refractivity contribution in [1.29, 1.82) is 0 Å². The van der Waals surface area contributed by atoms with Gasteiger partial charge in [-0.3, -0.25) is 0 Å². The predicted octanol–water partition coefficient (Wildman–Crippen LogP) is 3.24. The van der Waals surface area contributed by atoms with E-state index in [0.717, 1.165) is 16.9 Å². The van der Waals surface area contributed by atoms with Gasteiger partial charge >= 0.3 is 0 Å². The zero-order chi connectivity index (χ0) is 12.1. The summed E-state index contributed by atoms with van der Waals surface area (Å²) in [7, 11) is 1.61. The zero-order valence-electron chi connectivity index (χ0n) is 10.1. The first kappa shape index (κ1) is 12.6. The lowest BCUT2D eigenvalue weighted by Gasteiger charge is -2.21. The van der Waals surface area contributed by atoms with Gasteiger partial charge in [-0.2, -0.15) is 4.98 Å². The van der Waals surface area contributed by atoms with Crippen LogP contribution in [0.25, 0.3) is 0 Å². The molecule has 0 bridgehead atoms. The first-order chi connectivity index (χ1) is 8.29. The Kier molecular flexibility index (Phi) is 4.59. The number of nitrogens with one attached hydrogen (secondary N) is 1. The van der Waals surface area contributed by atoms with Gasteiger partial charge in [-0.1, -0.05) is 19.3 Å². The van der Waals surface area contributed by atoms with Crippen LogP contribution >= 0.6 is 15.9 Å². The number of hydrogen-bond donors (Lipinski definition) is 1. The highest BCUT2D eigenvalue weighted by atomic mass is 79.9. The number of rotatable bonds is 4. The Labute approximate surface area is 110 Å². The van der Waals surface area contributed by atoms with Crippen molar-refractivity contribution < 1.29 is 4.74 Å². The van der Waals surface area contributed by atoms with Crippen LogP contribution < -0.4 is 10.1 Å². The summed E-state index contributed by atoms with van der Waals surface area (Å²) in [4.78, 5) is 8.51. The fraction of sp³-hybridized carbons (Fsp3) is 0.667. The molecular formula is C12H18BrN3O. The number of hydrogen-bond acceptors (Lipinski definition) is 4. The normalized spacial score (nSPS) is 16.8. The lowest BCUT2D eigenvalue weighted by atomic mass is 9.89. The zero-order valence-corrected chi connectivity index (χ0v) is 11.7. The molecule has 1 heterocycles. The molecule has 1 aromatic heterocycles. The Hall–Kier alpha value is -0.840. The van der Waals surface area contributed by atoms with Crippen molar-refractivity contribution in [2.45, 2.75) is 32.1 Å². The molecule has 0 atom stereocenters. The first-order valence-electron chi connectivity index (χ1n) is 6.10. The summed E-state index contributed by atoms with van der Waals surface area (Å²) in [6.07, 6.45) is 8.46. The average Bonchev–Trinajstić information content (AvgIpc) is 2.39. The highest BCUT2D eigenvalue weighted by molar-refractivity contribution is 9.10. The molecule has 17 heavy (non-hydrogen) atoms. The third-order valence-corrected chi connectivity index (χ3v) is 3.72. The standard InChI is InChI=1S/C12H18BrN3O/c1-17-11-10(13)8-15-12(16-11)14-7-9-5-3-2-4-6-9/h8-9H,2-7H2,1H3,(H,14,15,16). The first-order valence-corrected chi connectivity index (χ1v) is 6.89. The van der Waals surface area contributed by atoms with E-state index in [-0.39, 0.29) is 0 Å². The van der Waals surface area contributed by atoms with Crippen LogP contribution in [0.5, 0.6) is 5.88 Å². The molecule has 1 saturated carbocycles. The molecule has 0 unspecified atom stereocenters. The monoisotopic (exact) mass is 299 g/mol. The molecule has 94 valence electrons. The van der Waals surface area contributed by atoms with Gasteiger partial charge in [-0.05, 0) is 34.7 Å². The second-order valence-electron chi connectivity index (χ2n) is 4.44. The Bertz CT molecular complexity index is 367. The summed E-state index contributed by atoms with van der Waals surface area (Å²) in [5.41, 5.74) is 0. The number of nitrogens with zero attached hydrogens (tertiary/aromatic N) is 2. The Balaban J connectivity index is 1.89. The van der Waals surface area contributed by atoms with Crippen LogP contribution in [0.1, 0.15) is 32.1 Å². The van der Waals surface area contributed by atoms with Gasteiger partial charge in [0.25, 0.3) is 0 Å². The van der Waals surface area contributed by atoms with Crippen molar-refractivity contribution in [2.75, 3.05) is 19.0 Å². The molecule has 4 nitrogen and oxygen atoms in total. The fourth-order valence-electron chi connectivity index (χ4n) is 2.21. The van der Waals surface area contributed by atoms with E-state index >= 15 is 0 Å². The van der Waals surface area contributed by atoms with Gasteiger partial charge in [0.2, 0.25) is 11.8 Å². The molecule has 1 aliphatic rings. The van der Waals surface area contributed by atoms with Crippen molar-refractivity contribution in [2.24, 2.45) is 5.92 Å². The minimum Gasteiger partial charge on any atom is -0.480 e. The van der Waals surface area contributed by atoms with Gasteiger partial charge in [0.1, 0.15) is 0 Å². The second kappa shape index (κ2) is 6.19. The van der Waals surface area contributed by atoms with Gasteiger partial charge in [0.05, 0.1) is 17.8 Å². The second-order valence-corrected chi connectivity index (χ2v) is 5.29. The van der Waals surface area contributed by atoms with Gasteiger partial charge in [-0.15, -0.1) is 0 Å². The maximum absolute atomic E-state index is 5.14. The van der Waals surface area contributed by atoms with E-state index in [9.17, 15) is 0 Å². The maximum atomic E-state index is 5.14. The van der Waals surface area contributed by atoms with E-state index in [1.165, 1.54) is 32.1 Å². The maximum Gasteiger partial charge on any atom is 0.232 e. The summed E-state index contributed by atoms with van der Waals surface area (Å²) < 4.78 is 5.92. The molecule has 1 N–H and O–H groups in total. The third kappa shape index (κ3) is 3.56. The van der Waals surface area contributed by atoms with Crippen LogP contribution in [0.2, 0.25) is 0 Å². The molecule has 5 heteroatoms.